The van der Waals surface area contributed by atoms with E-state index in [-0.39, 0.29) is 6.79 Å². The number of hydrogen-bond donors (Lipinski definition) is 0. The fourth-order valence-corrected chi connectivity index (χ4v) is 0.718. The molecule has 60 valence electrons. The van der Waals surface area contributed by atoms with Crippen LogP contribution in [0.25, 0.3) is 0 Å². The fraction of sp³-hybridized carbons (Fsp3) is 0.375. The molecule has 0 aromatic carbocycles. The largest absolute Gasteiger partial charge is 0.451 e. The van der Waals surface area contributed by atoms with E-state index in [1.54, 1.807) is 13.2 Å². The molecule has 1 aromatic heterocycles. The molecule has 0 radical (unpaired) electrons. The predicted molar refractivity (Wildman–Crippen MR) is 41.5 cm³/mol. The standard InChI is InChI=1S/C8H11NO2/c1-7-4-3-5-8(9-7)11-6-10-2/h3-5H,6H2,1-2H3. The highest BCUT2D eigenvalue weighted by Gasteiger charge is 1.92. The van der Waals surface area contributed by atoms with Crippen molar-refractivity contribution in [1.29, 1.82) is 0 Å². The van der Waals surface area contributed by atoms with Gasteiger partial charge in [0.25, 0.3) is 0 Å². The van der Waals surface area contributed by atoms with Gasteiger partial charge in [0, 0.05) is 18.9 Å². The maximum absolute atomic E-state index is 5.10. The Bertz CT molecular complexity index is 225. The normalized spacial score (nSPS) is 9.64. The molecule has 0 atom stereocenters. The molecular weight excluding hydrogens is 142 g/mol. The molecule has 0 saturated carbocycles. The zero-order valence-corrected chi connectivity index (χ0v) is 6.70. The second-order valence-electron chi connectivity index (χ2n) is 2.17. The first kappa shape index (κ1) is 8.01. The summed E-state index contributed by atoms with van der Waals surface area (Å²) in [7, 11) is 1.58. The number of hydrogen-bond acceptors (Lipinski definition) is 3. The molecule has 1 heterocycles. The van der Waals surface area contributed by atoms with Crippen LogP contribution in [0.1, 0.15) is 5.69 Å². The van der Waals surface area contributed by atoms with Crippen molar-refractivity contribution < 1.29 is 9.47 Å². The van der Waals surface area contributed by atoms with Crippen molar-refractivity contribution >= 4 is 0 Å². The first-order valence-corrected chi connectivity index (χ1v) is 3.38. The summed E-state index contributed by atoms with van der Waals surface area (Å²) in [5, 5.41) is 0. The van der Waals surface area contributed by atoms with Gasteiger partial charge in [-0.1, -0.05) is 6.07 Å². The molecule has 0 aliphatic carbocycles. The van der Waals surface area contributed by atoms with Gasteiger partial charge in [0.15, 0.2) is 6.79 Å². The topological polar surface area (TPSA) is 31.4 Å². The van der Waals surface area contributed by atoms with Crippen molar-refractivity contribution in [3.8, 4) is 5.88 Å². The molecule has 0 fully saturated rings. The molecular formula is C8H11NO2. The lowest BCUT2D eigenvalue weighted by molar-refractivity contribution is 0.0477. The van der Waals surface area contributed by atoms with Crippen molar-refractivity contribution in [2.75, 3.05) is 13.9 Å². The van der Waals surface area contributed by atoms with Crippen LogP contribution in [0.4, 0.5) is 0 Å². The van der Waals surface area contributed by atoms with Crippen LogP contribution in [-0.4, -0.2) is 18.9 Å². The summed E-state index contributed by atoms with van der Waals surface area (Å²) in [6, 6.07) is 5.61. The smallest absolute Gasteiger partial charge is 0.215 e. The molecule has 1 aromatic rings. The highest BCUT2D eigenvalue weighted by Crippen LogP contribution is 2.05. The second kappa shape index (κ2) is 3.93. The van der Waals surface area contributed by atoms with Crippen molar-refractivity contribution in [2.24, 2.45) is 0 Å². The number of ether oxygens (including phenoxy) is 2. The van der Waals surface area contributed by atoms with Gasteiger partial charge < -0.3 is 9.47 Å². The molecule has 11 heavy (non-hydrogen) atoms. The van der Waals surface area contributed by atoms with Crippen molar-refractivity contribution in [3.63, 3.8) is 0 Å². The Morgan fingerprint density at radius 3 is 2.91 bits per heavy atom. The maximum atomic E-state index is 5.10. The van der Waals surface area contributed by atoms with Gasteiger partial charge in [0.2, 0.25) is 5.88 Å². The van der Waals surface area contributed by atoms with E-state index in [4.69, 9.17) is 9.47 Å². The molecule has 0 unspecified atom stereocenters. The number of rotatable bonds is 3. The summed E-state index contributed by atoms with van der Waals surface area (Å²) in [4.78, 5) is 4.11. The number of nitrogens with zero attached hydrogens (tertiary/aromatic N) is 1. The van der Waals surface area contributed by atoms with Crippen molar-refractivity contribution in [2.45, 2.75) is 6.92 Å². The Morgan fingerprint density at radius 2 is 2.27 bits per heavy atom. The summed E-state index contributed by atoms with van der Waals surface area (Å²) in [6.45, 7) is 2.16. The molecule has 0 spiro atoms. The Morgan fingerprint density at radius 1 is 1.45 bits per heavy atom. The Hall–Kier alpha value is -1.09. The molecule has 1 rings (SSSR count). The molecule has 0 aliphatic rings. The second-order valence-corrected chi connectivity index (χ2v) is 2.17. The van der Waals surface area contributed by atoms with Gasteiger partial charge in [0.1, 0.15) is 0 Å². The minimum atomic E-state index is 0.246. The summed E-state index contributed by atoms with van der Waals surface area (Å²) >= 11 is 0. The third kappa shape index (κ3) is 2.55. The SMILES string of the molecule is COCOc1cccc(C)n1. The molecule has 0 saturated heterocycles. The van der Waals surface area contributed by atoms with E-state index in [1.165, 1.54) is 0 Å². The fourth-order valence-electron chi connectivity index (χ4n) is 0.718. The average Bonchev–Trinajstić information content (AvgIpc) is 2.01. The van der Waals surface area contributed by atoms with Crippen molar-refractivity contribution in [1.82, 2.24) is 4.98 Å². The molecule has 3 heteroatoms. The van der Waals surface area contributed by atoms with E-state index in [0.717, 1.165) is 5.69 Å². The molecule has 0 amide bonds. The van der Waals surface area contributed by atoms with Crippen LogP contribution in [0.3, 0.4) is 0 Å². The monoisotopic (exact) mass is 153 g/mol. The van der Waals surface area contributed by atoms with Crippen LogP contribution < -0.4 is 4.74 Å². The molecule has 0 N–H and O–H groups in total. The number of methoxy groups -OCH3 is 1. The summed E-state index contributed by atoms with van der Waals surface area (Å²) in [5.74, 6) is 0.604. The van der Waals surface area contributed by atoms with Gasteiger partial charge >= 0.3 is 0 Å². The summed E-state index contributed by atoms with van der Waals surface area (Å²) in [5.41, 5.74) is 0.943. The van der Waals surface area contributed by atoms with E-state index in [9.17, 15) is 0 Å². The summed E-state index contributed by atoms with van der Waals surface area (Å²) < 4.78 is 9.83. The van der Waals surface area contributed by atoms with Crippen LogP contribution in [-0.2, 0) is 4.74 Å². The maximum Gasteiger partial charge on any atom is 0.215 e. The van der Waals surface area contributed by atoms with Crippen LogP contribution >= 0.6 is 0 Å². The number of aromatic nitrogens is 1. The lowest BCUT2D eigenvalue weighted by Gasteiger charge is -2.02. The Labute approximate surface area is 66.0 Å². The third-order valence-electron chi connectivity index (χ3n) is 1.19. The summed E-state index contributed by atoms with van der Waals surface area (Å²) in [6.07, 6.45) is 0. The van der Waals surface area contributed by atoms with Crippen LogP contribution in [0.2, 0.25) is 0 Å². The minimum absolute atomic E-state index is 0.246. The number of pyridine rings is 1. The Kier molecular flexibility index (Phi) is 2.86. The highest BCUT2D eigenvalue weighted by molar-refractivity contribution is 5.14. The van der Waals surface area contributed by atoms with E-state index in [0.29, 0.717) is 5.88 Å². The van der Waals surface area contributed by atoms with E-state index in [2.05, 4.69) is 4.98 Å². The van der Waals surface area contributed by atoms with Gasteiger partial charge in [-0.3, -0.25) is 0 Å². The van der Waals surface area contributed by atoms with Gasteiger partial charge in [-0.25, -0.2) is 4.98 Å². The lowest BCUT2D eigenvalue weighted by atomic mass is 10.4. The first-order chi connectivity index (χ1) is 5.33. The molecule has 0 aliphatic heterocycles. The zero-order valence-electron chi connectivity index (χ0n) is 6.70. The van der Waals surface area contributed by atoms with E-state index >= 15 is 0 Å². The molecule has 0 bridgehead atoms. The third-order valence-corrected chi connectivity index (χ3v) is 1.19. The van der Waals surface area contributed by atoms with Crippen LogP contribution in [0.15, 0.2) is 18.2 Å². The van der Waals surface area contributed by atoms with Gasteiger partial charge in [0.05, 0.1) is 0 Å². The quantitative estimate of drug-likeness (QED) is 0.614. The average molecular weight is 153 g/mol. The van der Waals surface area contributed by atoms with Gasteiger partial charge in [-0.15, -0.1) is 0 Å². The van der Waals surface area contributed by atoms with E-state index < -0.39 is 0 Å². The van der Waals surface area contributed by atoms with Crippen LogP contribution in [0.5, 0.6) is 5.88 Å². The highest BCUT2D eigenvalue weighted by atomic mass is 16.7. The van der Waals surface area contributed by atoms with E-state index in [1.807, 2.05) is 19.1 Å². The van der Waals surface area contributed by atoms with Gasteiger partial charge in [-0.2, -0.15) is 0 Å². The van der Waals surface area contributed by atoms with Crippen LogP contribution in [0, 0.1) is 6.92 Å². The minimum Gasteiger partial charge on any atom is -0.451 e. The Balaban J connectivity index is 2.56. The van der Waals surface area contributed by atoms with Gasteiger partial charge in [-0.05, 0) is 13.0 Å². The van der Waals surface area contributed by atoms with Crippen molar-refractivity contribution in [3.05, 3.63) is 23.9 Å². The zero-order chi connectivity index (χ0) is 8.10. The first-order valence-electron chi connectivity index (χ1n) is 3.38. The predicted octanol–water partition coefficient (Wildman–Crippen LogP) is 1.37. The lowest BCUT2D eigenvalue weighted by Crippen LogP contribution is -2.00. The molecule has 3 nitrogen and oxygen atoms in total. The number of aryl methyl sites for hydroxylation is 1.